The number of hydrogen-bond donors (Lipinski definition) is 0. The van der Waals surface area contributed by atoms with Gasteiger partial charge in [-0.25, -0.2) is 4.39 Å². The van der Waals surface area contributed by atoms with Crippen LogP contribution in [0.25, 0.3) is 0 Å². The van der Waals surface area contributed by atoms with Crippen molar-refractivity contribution in [2.75, 3.05) is 6.54 Å². The Bertz CT molecular complexity index is 1130. The Labute approximate surface area is 191 Å². The second-order valence-corrected chi connectivity index (χ2v) is 7.90. The number of rotatable bonds is 9. The van der Waals surface area contributed by atoms with Crippen molar-refractivity contribution in [3.63, 3.8) is 0 Å². The lowest BCUT2D eigenvalue weighted by Crippen LogP contribution is -2.43. The van der Waals surface area contributed by atoms with Gasteiger partial charge in [-0.1, -0.05) is 55.3 Å². The lowest BCUT2D eigenvalue weighted by molar-refractivity contribution is -0.134. The van der Waals surface area contributed by atoms with Crippen molar-refractivity contribution in [3.8, 4) is 0 Å². The van der Waals surface area contributed by atoms with Crippen LogP contribution in [0.3, 0.4) is 0 Å². The molecule has 1 aromatic heterocycles. The number of pyridine rings is 1. The topological polar surface area (TPSA) is 59.4 Å². The molecule has 0 spiro atoms. The summed E-state index contributed by atoms with van der Waals surface area (Å²) in [7, 11) is 0. The first-order valence-corrected chi connectivity index (χ1v) is 10.8. The van der Waals surface area contributed by atoms with E-state index in [0.29, 0.717) is 13.1 Å². The second-order valence-electron chi connectivity index (χ2n) is 7.47. The Hall–Kier alpha value is -3.25. The summed E-state index contributed by atoms with van der Waals surface area (Å²) in [6, 6.07) is 15.5. The number of ketones is 1. The SMILES string of the molecule is CCCCN(Cc1ccccc1)C(=O)[C@H](C(=O)c1ccc(F)cc1)n1cc(Cl)ccc1=O. The third-order valence-corrected chi connectivity index (χ3v) is 5.32. The molecule has 0 saturated heterocycles. The first-order chi connectivity index (χ1) is 15.4. The van der Waals surface area contributed by atoms with Crippen molar-refractivity contribution >= 4 is 23.3 Å². The quantitative estimate of drug-likeness (QED) is 0.341. The van der Waals surface area contributed by atoms with Crippen molar-refractivity contribution in [2.24, 2.45) is 0 Å². The zero-order valence-corrected chi connectivity index (χ0v) is 18.5. The van der Waals surface area contributed by atoms with Crippen molar-refractivity contribution in [2.45, 2.75) is 32.4 Å². The minimum Gasteiger partial charge on any atom is -0.336 e. The van der Waals surface area contributed by atoms with Crippen LogP contribution in [0.4, 0.5) is 4.39 Å². The van der Waals surface area contributed by atoms with Crippen LogP contribution < -0.4 is 5.56 Å². The number of halogens is 2. The molecule has 3 aromatic rings. The van der Waals surface area contributed by atoms with Gasteiger partial charge in [0.2, 0.25) is 0 Å². The Morgan fingerprint density at radius 3 is 2.38 bits per heavy atom. The van der Waals surface area contributed by atoms with Crippen LogP contribution in [-0.2, 0) is 11.3 Å². The van der Waals surface area contributed by atoms with Crippen LogP contribution in [0, 0.1) is 5.82 Å². The highest BCUT2D eigenvalue weighted by molar-refractivity contribution is 6.30. The minimum atomic E-state index is -1.45. The molecular weight excluding hydrogens is 431 g/mol. The molecule has 0 aliphatic rings. The summed E-state index contributed by atoms with van der Waals surface area (Å²) in [6.07, 6.45) is 2.88. The first-order valence-electron chi connectivity index (χ1n) is 10.4. The van der Waals surface area contributed by atoms with E-state index < -0.39 is 29.1 Å². The molecule has 32 heavy (non-hydrogen) atoms. The largest absolute Gasteiger partial charge is 0.336 e. The van der Waals surface area contributed by atoms with E-state index in [1.54, 1.807) is 4.90 Å². The molecule has 3 rings (SSSR count). The number of amides is 1. The van der Waals surface area contributed by atoms with E-state index in [1.807, 2.05) is 37.3 Å². The average molecular weight is 455 g/mol. The molecule has 1 amide bonds. The fraction of sp³-hybridized carbons (Fsp3) is 0.240. The van der Waals surface area contributed by atoms with Crippen molar-refractivity contribution in [1.29, 1.82) is 0 Å². The number of nitrogens with zero attached hydrogens (tertiary/aromatic N) is 2. The van der Waals surface area contributed by atoms with E-state index in [9.17, 15) is 18.8 Å². The maximum Gasteiger partial charge on any atom is 0.254 e. The molecule has 1 heterocycles. The highest BCUT2D eigenvalue weighted by atomic mass is 35.5. The zero-order valence-electron chi connectivity index (χ0n) is 17.7. The summed E-state index contributed by atoms with van der Waals surface area (Å²) in [5.74, 6) is -1.62. The van der Waals surface area contributed by atoms with E-state index in [-0.39, 0.29) is 10.6 Å². The van der Waals surface area contributed by atoms with Crippen LogP contribution in [0.2, 0.25) is 5.02 Å². The number of aromatic nitrogens is 1. The van der Waals surface area contributed by atoms with Crippen LogP contribution in [0.5, 0.6) is 0 Å². The maximum atomic E-state index is 13.7. The number of unbranched alkanes of at least 4 members (excludes halogenated alkanes) is 1. The van der Waals surface area contributed by atoms with Crippen LogP contribution in [-0.4, -0.2) is 27.7 Å². The Morgan fingerprint density at radius 2 is 1.72 bits per heavy atom. The number of benzene rings is 2. The monoisotopic (exact) mass is 454 g/mol. The maximum absolute atomic E-state index is 13.7. The molecule has 0 fully saturated rings. The average Bonchev–Trinajstić information content (AvgIpc) is 2.80. The summed E-state index contributed by atoms with van der Waals surface area (Å²) in [4.78, 5) is 41.4. The van der Waals surface area contributed by atoms with Gasteiger partial charge in [0.05, 0.1) is 5.02 Å². The van der Waals surface area contributed by atoms with Crippen molar-refractivity contribution < 1.29 is 14.0 Å². The Balaban J connectivity index is 2.05. The van der Waals surface area contributed by atoms with E-state index in [0.717, 1.165) is 35.1 Å². The van der Waals surface area contributed by atoms with Gasteiger partial charge in [0, 0.05) is 30.9 Å². The third kappa shape index (κ3) is 5.71. The van der Waals surface area contributed by atoms with Gasteiger partial charge < -0.3 is 4.90 Å². The van der Waals surface area contributed by atoms with E-state index in [4.69, 9.17) is 11.6 Å². The number of carbonyl (C=O) groups is 2. The lowest BCUT2D eigenvalue weighted by Gasteiger charge is -2.28. The van der Waals surface area contributed by atoms with Gasteiger partial charge in [0.15, 0.2) is 11.8 Å². The molecule has 0 saturated carbocycles. The smallest absolute Gasteiger partial charge is 0.254 e. The highest BCUT2D eigenvalue weighted by Gasteiger charge is 2.33. The summed E-state index contributed by atoms with van der Waals surface area (Å²) in [5.41, 5.74) is 0.508. The van der Waals surface area contributed by atoms with Gasteiger partial charge in [-0.2, -0.15) is 0 Å². The standard InChI is InChI=1S/C25H24ClFN2O3/c1-2-3-15-28(16-18-7-5-4-6-8-18)25(32)23(29-17-20(26)11-14-22(29)30)24(31)19-9-12-21(27)13-10-19/h4-14,17,23H,2-3,15-16H2,1H3/t23-/m0/s1. The van der Waals surface area contributed by atoms with Gasteiger partial charge in [-0.05, 0) is 42.3 Å². The lowest BCUT2D eigenvalue weighted by atomic mass is 10.0. The predicted molar refractivity (Wildman–Crippen MR) is 122 cm³/mol. The molecule has 0 aliphatic carbocycles. The van der Waals surface area contributed by atoms with Gasteiger partial charge in [-0.15, -0.1) is 0 Å². The second kappa shape index (κ2) is 10.9. The van der Waals surface area contributed by atoms with Gasteiger partial charge in [-0.3, -0.25) is 19.0 Å². The molecule has 0 aliphatic heterocycles. The third-order valence-electron chi connectivity index (χ3n) is 5.10. The fourth-order valence-electron chi connectivity index (χ4n) is 3.40. The van der Waals surface area contributed by atoms with E-state index >= 15 is 0 Å². The first kappa shape index (κ1) is 23.4. The molecule has 0 unspecified atom stereocenters. The van der Waals surface area contributed by atoms with E-state index in [2.05, 4.69) is 0 Å². The highest BCUT2D eigenvalue weighted by Crippen LogP contribution is 2.21. The molecule has 5 nitrogen and oxygen atoms in total. The van der Waals surface area contributed by atoms with Gasteiger partial charge >= 0.3 is 0 Å². The molecular formula is C25H24ClFN2O3. The zero-order chi connectivity index (χ0) is 23.1. The van der Waals surface area contributed by atoms with Crippen molar-refractivity contribution in [1.82, 2.24) is 9.47 Å². The number of Topliss-reactive ketones (excluding diaryl/α,β-unsaturated/α-hetero) is 1. The van der Waals surface area contributed by atoms with Crippen LogP contribution >= 0.6 is 11.6 Å². The summed E-state index contributed by atoms with van der Waals surface area (Å²) >= 11 is 6.08. The van der Waals surface area contributed by atoms with Crippen LogP contribution in [0.15, 0.2) is 77.7 Å². The molecule has 0 radical (unpaired) electrons. The molecule has 2 aromatic carbocycles. The summed E-state index contributed by atoms with van der Waals surface area (Å²) < 4.78 is 14.5. The van der Waals surface area contributed by atoms with Crippen LogP contribution in [0.1, 0.15) is 41.7 Å². The normalized spacial score (nSPS) is 11.7. The summed E-state index contributed by atoms with van der Waals surface area (Å²) in [5, 5.41) is 0.220. The summed E-state index contributed by atoms with van der Waals surface area (Å²) in [6.45, 7) is 2.72. The molecule has 0 N–H and O–H groups in total. The molecule has 1 atom stereocenters. The molecule has 0 bridgehead atoms. The van der Waals surface area contributed by atoms with Crippen molar-refractivity contribution in [3.05, 3.63) is 105 Å². The van der Waals surface area contributed by atoms with E-state index in [1.165, 1.54) is 30.5 Å². The number of carbonyl (C=O) groups excluding carboxylic acids is 2. The minimum absolute atomic E-state index is 0.131. The van der Waals surface area contributed by atoms with Gasteiger partial charge in [0.25, 0.3) is 11.5 Å². The molecule has 166 valence electrons. The Kier molecular flexibility index (Phi) is 7.95. The Morgan fingerprint density at radius 1 is 1.03 bits per heavy atom. The van der Waals surface area contributed by atoms with Gasteiger partial charge in [0.1, 0.15) is 5.82 Å². The predicted octanol–water partition coefficient (Wildman–Crippen LogP) is 4.89. The molecule has 7 heteroatoms. The fourth-order valence-corrected chi connectivity index (χ4v) is 3.57. The number of hydrogen-bond acceptors (Lipinski definition) is 3.